The summed E-state index contributed by atoms with van der Waals surface area (Å²) in [4.78, 5) is 11.5. The van der Waals surface area contributed by atoms with E-state index in [1.54, 1.807) is 0 Å². The number of aryl methyl sites for hydroxylation is 1. The lowest BCUT2D eigenvalue weighted by atomic mass is 10.1. The van der Waals surface area contributed by atoms with Gasteiger partial charge in [0, 0.05) is 0 Å². The van der Waals surface area contributed by atoms with Gasteiger partial charge in [0.1, 0.15) is 0 Å². The van der Waals surface area contributed by atoms with Crippen LogP contribution in [0, 0.1) is 0 Å². The molecule has 0 aromatic heterocycles. The van der Waals surface area contributed by atoms with Gasteiger partial charge in [-0.25, -0.2) is 4.79 Å². The van der Waals surface area contributed by atoms with Gasteiger partial charge in [-0.3, -0.25) is 0 Å². The number of carbonyl (C=O) groups is 1. The van der Waals surface area contributed by atoms with Crippen molar-refractivity contribution in [2.45, 2.75) is 39.7 Å². The highest BCUT2D eigenvalue weighted by atomic mass is 16.5. The summed E-state index contributed by atoms with van der Waals surface area (Å²) in [6.07, 6.45) is 2.11. The van der Waals surface area contributed by atoms with Gasteiger partial charge in [-0.1, -0.05) is 25.5 Å². The van der Waals surface area contributed by atoms with Gasteiger partial charge in [-0.2, -0.15) is 0 Å². The van der Waals surface area contributed by atoms with Crippen LogP contribution in [0.2, 0.25) is 0 Å². The van der Waals surface area contributed by atoms with E-state index in [0.717, 1.165) is 12.8 Å². The van der Waals surface area contributed by atoms with Gasteiger partial charge in [0.15, 0.2) is 0 Å². The monoisotopic (exact) mass is 206 g/mol. The van der Waals surface area contributed by atoms with Crippen LogP contribution in [0.25, 0.3) is 0 Å². The number of hydrogen-bond acceptors (Lipinski definition) is 2. The molecule has 2 nitrogen and oxygen atoms in total. The maximum Gasteiger partial charge on any atom is 0.338 e. The largest absolute Gasteiger partial charge is 0.459 e. The van der Waals surface area contributed by atoms with Crippen molar-refractivity contribution in [3.8, 4) is 0 Å². The van der Waals surface area contributed by atoms with Crippen LogP contribution >= 0.6 is 0 Å². The van der Waals surface area contributed by atoms with Gasteiger partial charge in [0.2, 0.25) is 0 Å². The minimum atomic E-state index is -0.243. The van der Waals surface area contributed by atoms with E-state index in [4.69, 9.17) is 4.74 Å². The van der Waals surface area contributed by atoms with Gasteiger partial charge in [-0.15, -0.1) is 0 Å². The van der Waals surface area contributed by atoms with Crippen LogP contribution < -0.4 is 0 Å². The molecule has 15 heavy (non-hydrogen) atoms. The molecule has 0 heterocycles. The van der Waals surface area contributed by atoms with Crippen molar-refractivity contribution in [1.29, 1.82) is 0 Å². The molecule has 82 valence electrons. The Kier molecular flexibility index (Phi) is 4.35. The van der Waals surface area contributed by atoms with Crippen LogP contribution in [-0.4, -0.2) is 12.1 Å². The van der Waals surface area contributed by atoms with Crippen LogP contribution in [0.4, 0.5) is 0 Å². The fourth-order valence-corrected chi connectivity index (χ4v) is 1.38. The zero-order chi connectivity index (χ0) is 11.3. The maximum atomic E-state index is 11.5. The van der Waals surface area contributed by atoms with Gasteiger partial charge in [-0.05, 0) is 38.0 Å². The van der Waals surface area contributed by atoms with Crippen molar-refractivity contribution in [3.63, 3.8) is 0 Å². The van der Waals surface area contributed by atoms with E-state index in [0.29, 0.717) is 5.56 Å². The van der Waals surface area contributed by atoms with Gasteiger partial charge in [0.05, 0.1) is 11.7 Å². The normalized spacial score (nSPS) is 10.4. The Hall–Kier alpha value is -1.31. The average Bonchev–Trinajstić information content (AvgIpc) is 2.18. The highest BCUT2D eigenvalue weighted by molar-refractivity contribution is 5.89. The second kappa shape index (κ2) is 5.54. The second-order valence-electron chi connectivity index (χ2n) is 3.90. The molecule has 0 amide bonds. The number of benzene rings is 1. The number of hydrogen-bond donors (Lipinski definition) is 0. The van der Waals surface area contributed by atoms with E-state index < -0.39 is 0 Å². The van der Waals surface area contributed by atoms with Crippen LogP contribution in [0.5, 0.6) is 0 Å². The third-order valence-electron chi connectivity index (χ3n) is 2.07. The smallest absolute Gasteiger partial charge is 0.338 e. The Balaban J connectivity index is 2.67. The highest BCUT2D eigenvalue weighted by Gasteiger charge is 2.08. The molecule has 0 N–H and O–H groups in total. The minimum absolute atomic E-state index is 0.0622. The predicted molar refractivity (Wildman–Crippen MR) is 61.0 cm³/mol. The third kappa shape index (κ3) is 3.74. The SMILES string of the molecule is CCCc1ccc(C(=O)OC(C)C)cc1. The Bertz CT molecular complexity index is 312. The van der Waals surface area contributed by atoms with Crippen LogP contribution in [-0.2, 0) is 11.2 Å². The van der Waals surface area contributed by atoms with E-state index in [-0.39, 0.29) is 12.1 Å². The van der Waals surface area contributed by atoms with Crippen LogP contribution in [0.1, 0.15) is 43.1 Å². The molecular formula is C13H18O2. The quantitative estimate of drug-likeness (QED) is 0.707. The Labute approximate surface area is 91.3 Å². The lowest BCUT2D eigenvalue weighted by Gasteiger charge is -2.08. The van der Waals surface area contributed by atoms with Crippen molar-refractivity contribution >= 4 is 5.97 Å². The van der Waals surface area contributed by atoms with Crippen molar-refractivity contribution in [1.82, 2.24) is 0 Å². The third-order valence-corrected chi connectivity index (χ3v) is 2.07. The zero-order valence-corrected chi connectivity index (χ0v) is 9.62. The summed E-state index contributed by atoms with van der Waals surface area (Å²) in [5.41, 5.74) is 1.89. The summed E-state index contributed by atoms with van der Waals surface area (Å²) in [7, 11) is 0. The predicted octanol–water partition coefficient (Wildman–Crippen LogP) is 3.20. The number of carbonyl (C=O) groups excluding carboxylic acids is 1. The van der Waals surface area contributed by atoms with Crippen LogP contribution in [0.3, 0.4) is 0 Å². The van der Waals surface area contributed by atoms with E-state index in [1.165, 1.54) is 5.56 Å². The highest BCUT2D eigenvalue weighted by Crippen LogP contribution is 2.08. The number of esters is 1. The van der Waals surface area contributed by atoms with E-state index in [1.807, 2.05) is 38.1 Å². The summed E-state index contributed by atoms with van der Waals surface area (Å²) in [6.45, 7) is 5.84. The molecule has 0 aliphatic carbocycles. The van der Waals surface area contributed by atoms with Crippen molar-refractivity contribution in [2.75, 3.05) is 0 Å². The van der Waals surface area contributed by atoms with Crippen molar-refractivity contribution in [2.24, 2.45) is 0 Å². The average molecular weight is 206 g/mol. The lowest BCUT2D eigenvalue weighted by molar-refractivity contribution is 0.0378. The fraction of sp³-hybridized carbons (Fsp3) is 0.462. The Morgan fingerprint density at radius 1 is 1.27 bits per heavy atom. The molecule has 0 aliphatic heterocycles. The molecule has 1 aromatic carbocycles. The first-order chi connectivity index (χ1) is 7.13. The minimum Gasteiger partial charge on any atom is -0.459 e. The van der Waals surface area contributed by atoms with Gasteiger partial charge in [0.25, 0.3) is 0 Å². The summed E-state index contributed by atoms with van der Waals surface area (Å²) in [6, 6.07) is 7.63. The molecule has 0 unspecified atom stereocenters. The zero-order valence-electron chi connectivity index (χ0n) is 9.62. The van der Waals surface area contributed by atoms with Crippen molar-refractivity contribution in [3.05, 3.63) is 35.4 Å². The Morgan fingerprint density at radius 2 is 1.87 bits per heavy atom. The molecule has 0 atom stereocenters. The first-order valence-corrected chi connectivity index (χ1v) is 5.43. The van der Waals surface area contributed by atoms with E-state index in [9.17, 15) is 4.79 Å². The molecular weight excluding hydrogens is 188 g/mol. The molecule has 0 aliphatic rings. The molecule has 0 fully saturated rings. The van der Waals surface area contributed by atoms with Crippen LogP contribution in [0.15, 0.2) is 24.3 Å². The first kappa shape index (κ1) is 11.8. The summed E-state index contributed by atoms with van der Waals surface area (Å²) < 4.78 is 5.10. The van der Waals surface area contributed by atoms with Gasteiger partial charge < -0.3 is 4.74 Å². The second-order valence-corrected chi connectivity index (χ2v) is 3.90. The van der Waals surface area contributed by atoms with E-state index >= 15 is 0 Å². The van der Waals surface area contributed by atoms with Crippen molar-refractivity contribution < 1.29 is 9.53 Å². The summed E-state index contributed by atoms with van der Waals surface area (Å²) in [5, 5.41) is 0. The number of ether oxygens (including phenoxy) is 1. The molecule has 0 spiro atoms. The van der Waals surface area contributed by atoms with Gasteiger partial charge >= 0.3 is 5.97 Å². The standard InChI is InChI=1S/C13H18O2/c1-4-5-11-6-8-12(9-7-11)13(14)15-10(2)3/h6-10H,4-5H2,1-3H3. The number of rotatable bonds is 4. The maximum absolute atomic E-state index is 11.5. The topological polar surface area (TPSA) is 26.3 Å². The fourth-order valence-electron chi connectivity index (χ4n) is 1.38. The molecule has 0 bridgehead atoms. The van der Waals surface area contributed by atoms with E-state index in [2.05, 4.69) is 6.92 Å². The Morgan fingerprint density at radius 3 is 2.33 bits per heavy atom. The molecule has 0 saturated heterocycles. The first-order valence-electron chi connectivity index (χ1n) is 5.43. The molecule has 2 heteroatoms. The molecule has 1 aromatic rings. The lowest BCUT2D eigenvalue weighted by Crippen LogP contribution is -2.11. The summed E-state index contributed by atoms with van der Waals surface area (Å²) >= 11 is 0. The molecule has 1 rings (SSSR count). The summed E-state index contributed by atoms with van der Waals surface area (Å²) in [5.74, 6) is -0.243. The molecule has 0 saturated carbocycles. The molecule has 0 radical (unpaired) electrons.